The number of hydrogen-bond acceptors (Lipinski definition) is 6. The third-order valence-corrected chi connectivity index (χ3v) is 4.09. The van der Waals surface area contributed by atoms with Crippen molar-refractivity contribution in [1.82, 2.24) is 4.98 Å². The molecule has 0 spiro atoms. The maximum absolute atomic E-state index is 11.7. The molecule has 0 aliphatic rings. The number of esters is 1. The molecule has 6 heteroatoms. The highest BCUT2D eigenvalue weighted by atomic mass is 32.1. The Labute approximate surface area is 125 Å². The number of rotatable bonds is 4. The van der Waals surface area contributed by atoms with Crippen LogP contribution in [0, 0.1) is 0 Å². The molecule has 2 aromatic heterocycles. The Bertz CT molecular complexity index is 757. The number of benzene rings is 1. The van der Waals surface area contributed by atoms with E-state index in [2.05, 4.69) is 4.98 Å². The van der Waals surface area contributed by atoms with E-state index >= 15 is 0 Å². The molecule has 0 aliphatic carbocycles. The van der Waals surface area contributed by atoms with Gasteiger partial charge in [-0.15, -0.1) is 11.3 Å². The van der Waals surface area contributed by atoms with Crippen molar-refractivity contribution in [3.8, 4) is 10.8 Å². The number of carbonyl (C=O) groups is 1. The average Bonchev–Trinajstić information content (AvgIpc) is 3.10. The molecule has 0 radical (unpaired) electrons. The van der Waals surface area contributed by atoms with E-state index in [9.17, 15) is 4.79 Å². The maximum atomic E-state index is 11.7. The number of nitrogens with zero attached hydrogens (tertiary/aromatic N) is 1. The van der Waals surface area contributed by atoms with Crippen LogP contribution in [0.3, 0.4) is 0 Å². The van der Waals surface area contributed by atoms with Crippen LogP contribution in [0.15, 0.2) is 34.7 Å². The van der Waals surface area contributed by atoms with Crippen LogP contribution < -0.4 is 0 Å². The maximum Gasteiger partial charge on any atom is 0.376 e. The van der Waals surface area contributed by atoms with E-state index in [-0.39, 0.29) is 12.4 Å². The summed E-state index contributed by atoms with van der Waals surface area (Å²) in [6.45, 7) is 0.193. The molecular formula is C15H13NO4S. The molecule has 0 atom stereocenters. The number of oxazole rings is 1. The highest BCUT2D eigenvalue weighted by Gasteiger charge is 2.22. The lowest BCUT2D eigenvalue weighted by atomic mass is 10.2. The Morgan fingerprint density at radius 1 is 1.33 bits per heavy atom. The standard InChI is InChI=1S/C15H13NO4S/c1-18-8-10-13(15(17)19-2)20-14(16-10)12-7-9-5-3-4-6-11(9)21-12/h3-7H,8H2,1-2H3. The van der Waals surface area contributed by atoms with Gasteiger partial charge in [-0.3, -0.25) is 0 Å². The molecular weight excluding hydrogens is 290 g/mol. The molecule has 0 saturated heterocycles. The highest BCUT2D eigenvalue weighted by molar-refractivity contribution is 7.22. The number of methoxy groups -OCH3 is 2. The quantitative estimate of drug-likeness (QED) is 0.690. The van der Waals surface area contributed by atoms with Crippen molar-refractivity contribution in [2.24, 2.45) is 0 Å². The van der Waals surface area contributed by atoms with E-state index in [1.165, 1.54) is 14.2 Å². The van der Waals surface area contributed by atoms with Crippen molar-refractivity contribution in [2.45, 2.75) is 6.61 Å². The zero-order valence-corrected chi connectivity index (χ0v) is 12.4. The van der Waals surface area contributed by atoms with Crippen LogP contribution in [0.4, 0.5) is 0 Å². The fraction of sp³-hybridized carbons (Fsp3) is 0.200. The minimum absolute atomic E-state index is 0.0896. The molecule has 0 fully saturated rings. The van der Waals surface area contributed by atoms with Crippen LogP contribution in [0.25, 0.3) is 20.9 Å². The van der Waals surface area contributed by atoms with Gasteiger partial charge in [0, 0.05) is 11.8 Å². The Balaban J connectivity index is 2.07. The monoisotopic (exact) mass is 303 g/mol. The average molecular weight is 303 g/mol. The van der Waals surface area contributed by atoms with Crippen LogP contribution in [-0.2, 0) is 16.1 Å². The van der Waals surface area contributed by atoms with Crippen molar-refractivity contribution >= 4 is 27.4 Å². The predicted octanol–water partition coefficient (Wildman–Crippen LogP) is 3.49. The first-order chi connectivity index (χ1) is 10.2. The van der Waals surface area contributed by atoms with E-state index in [1.54, 1.807) is 11.3 Å². The third kappa shape index (κ3) is 2.55. The molecule has 1 aromatic carbocycles. The van der Waals surface area contributed by atoms with Crippen LogP contribution in [0.2, 0.25) is 0 Å². The molecule has 21 heavy (non-hydrogen) atoms. The van der Waals surface area contributed by atoms with Crippen LogP contribution in [0.1, 0.15) is 16.2 Å². The number of aromatic nitrogens is 1. The normalized spacial score (nSPS) is 11.0. The Kier molecular flexibility index (Phi) is 3.72. The number of thiophene rings is 1. The fourth-order valence-corrected chi connectivity index (χ4v) is 3.02. The molecule has 3 rings (SSSR count). The molecule has 0 saturated carbocycles. The van der Waals surface area contributed by atoms with Gasteiger partial charge in [0.25, 0.3) is 0 Å². The van der Waals surface area contributed by atoms with Crippen molar-refractivity contribution in [1.29, 1.82) is 0 Å². The van der Waals surface area contributed by atoms with E-state index in [4.69, 9.17) is 13.9 Å². The van der Waals surface area contributed by atoms with Gasteiger partial charge in [0.1, 0.15) is 5.69 Å². The molecule has 0 unspecified atom stereocenters. The molecule has 108 valence electrons. The predicted molar refractivity (Wildman–Crippen MR) is 79.4 cm³/mol. The molecule has 0 aliphatic heterocycles. The Hall–Kier alpha value is -2.18. The molecule has 5 nitrogen and oxygen atoms in total. The van der Waals surface area contributed by atoms with Gasteiger partial charge in [0.05, 0.1) is 18.6 Å². The summed E-state index contributed by atoms with van der Waals surface area (Å²) in [7, 11) is 2.84. The largest absolute Gasteiger partial charge is 0.463 e. The van der Waals surface area contributed by atoms with Crippen molar-refractivity contribution in [3.63, 3.8) is 0 Å². The van der Waals surface area contributed by atoms with Gasteiger partial charge in [0.2, 0.25) is 11.7 Å². The fourth-order valence-electron chi connectivity index (χ4n) is 2.03. The molecule has 0 amide bonds. The van der Waals surface area contributed by atoms with Gasteiger partial charge in [-0.1, -0.05) is 18.2 Å². The van der Waals surface area contributed by atoms with Crippen molar-refractivity contribution < 1.29 is 18.7 Å². The van der Waals surface area contributed by atoms with Gasteiger partial charge < -0.3 is 13.9 Å². The van der Waals surface area contributed by atoms with Crippen molar-refractivity contribution in [2.75, 3.05) is 14.2 Å². The summed E-state index contributed by atoms with van der Waals surface area (Å²) in [4.78, 5) is 16.9. The minimum atomic E-state index is -0.554. The van der Waals surface area contributed by atoms with E-state index in [0.29, 0.717) is 11.6 Å². The van der Waals surface area contributed by atoms with Gasteiger partial charge in [-0.25, -0.2) is 9.78 Å². The topological polar surface area (TPSA) is 61.6 Å². The minimum Gasteiger partial charge on any atom is -0.463 e. The summed E-state index contributed by atoms with van der Waals surface area (Å²) in [5.41, 5.74) is 0.441. The van der Waals surface area contributed by atoms with Gasteiger partial charge >= 0.3 is 5.97 Å². The summed E-state index contributed by atoms with van der Waals surface area (Å²) in [6, 6.07) is 10.0. The summed E-state index contributed by atoms with van der Waals surface area (Å²) in [5.74, 6) is -0.0580. The Morgan fingerprint density at radius 3 is 2.86 bits per heavy atom. The van der Waals surface area contributed by atoms with E-state index < -0.39 is 5.97 Å². The second kappa shape index (κ2) is 5.67. The van der Waals surface area contributed by atoms with E-state index in [1.807, 2.05) is 30.3 Å². The molecule has 2 heterocycles. The first-order valence-corrected chi connectivity index (χ1v) is 7.10. The van der Waals surface area contributed by atoms with Gasteiger partial charge in [0.15, 0.2) is 0 Å². The van der Waals surface area contributed by atoms with Crippen LogP contribution in [0.5, 0.6) is 0 Å². The summed E-state index contributed by atoms with van der Waals surface area (Å²) in [5, 5.41) is 1.11. The second-order valence-electron chi connectivity index (χ2n) is 4.37. The van der Waals surface area contributed by atoms with Gasteiger partial charge in [-0.05, 0) is 17.5 Å². The third-order valence-electron chi connectivity index (χ3n) is 2.99. The van der Waals surface area contributed by atoms with Gasteiger partial charge in [-0.2, -0.15) is 0 Å². The zero-order chi connectivity index (χ0) is 14.8. The first-order valence-electron chi connectivity index (χ1n) is 6.29. The summed E-state index contributed by atoms with van der Waals surface area (Å²) in [6.07, 6.45) is 0. The smallest absolute Gasteiger partial charge is 0.376 e. The highest BCUT2D eigenvalue weighted by Crippen LogP contribution is 2.34. The summed E-state index contributed by atoms with van der Waals surface area (Å²) >= 11 is 1.56. The van der Waals surface area contributed by atoms with E-state index in [0.717, 1.165) is 15.0 Å². The SMILES string of the molecule is COCc1nc(-c2cc3ccccc3s2)oc1C(=O)OC. The summed E-state index contributed by atoms with van der Waals surface area (Å²) < 4.78 is 16.5. The first kappa shape index (κ1) is 13.8. The molecule has 0 bridgehead atoms. The number of hydrogen-bond donors (Lipinski definition) is 0. The lowest BCUT2D eigenvalue weighted by molar-refractivity contribution is 0.0559. The molecule has 0 N–H and O–H groups in total. The number of carbonyl (C=O) groups excluding carboxylic acids is 1. The van der Waals surface area contributed by atoms with Crippen LogP contribution in [-0.4, -0.2) is 25.2 Å². The van der Waals surface area contributed by atoms with Crippen LogP contribution >= 0.6 is 11.3 Å². The number of ether oxygens (including phenoxy) is 2. The molecule has 3 aromatic rings. The lowest BCUT2D eigenvalue weighted by Gasteiger charge is -1.96. The lowest BCUT2D eigenvalue weighted by Crippen LogP contribution is -2.04. The zero-order valence-electron chi connectivity index (χ0n) is 11.6. The van der Waals surface area contributed by atoms with Crippen molar-refractivity contribution in [3.05, 3.63) is 41.8 Å². The second-order valence-corrected chi connectivity index (χ2v) is 5.45. The number of fused-ring (bicyclic) bond motifs is 1. The Morgan fingerprint density at radius 2 is 2.14 bits per heavy atom.